The highest BCUT2D eigenvalue weighted by Gasteiger charge is 2.28. The molecule has 0 aliphatic carbocycles. The Hall–Kier alpha value is 0.580. The van der Waals surface area contributed by atoms with Crippen LogP contribution in [0.2, 0.25) is 0 Å². The van der Waals surface area contributed by atoms with Crippen molar-refractivity contribution in [2.24, 2.45) is 0 Å². The third-order valence-electron chi connectivity index (χ3n) is 2.47. The van der Waals surface area contributed by atoms with Crippen molar-refractivity contribution in [2.45, 2.75) is 38.2 Å². The van der Waals surface area contributed by atoms with Gasteiger partial charge in [0.15, 0.2) is 0 Å². The second kappa shape index (κ2) is 8.64. The molecule has 0 atom stereocenters. The molecule has 0 saturated heterocycles. The van der Waals surface area contributed by atoms with E-state index in [1.807, 2.05) is 0 Å². The van der Waals surface area contributed by atoms with E-state index in [2.05, 4.69) is 34.7 Å². The molecular formula is C10H19BrF3NS. The average molecular weight is 322 g/mol. The fraction of sp³-hybridized carbons (Fsp3) is 1.00. The van der Waals surface area contributed by atoms with Crippen LogP contribution >= 0.6 is 27.7 Å². The Bertz CT molecular complexity index is 174. The van der Waals surface area contributed by atoms with Gasteiger partial charge in [0.05, 0.1) is 0 Å². The van der Waals surface area contributed by atoms with Gasteiger partial charge in [0, 0.05) is 30.2 Å². The first-order chi connectivity index (χ1) is 7.44. The summed E-state index contributed by atoms with van der Waals surface area (Å²) in [6, 6.07) is 0.395. The zero-order valence-corrected chi connectivity index (χ0v) is 12.1. The normalized spacial score (nSPS) is 12.8. The molecule has 0 aliphatic rings. The van der Waals surface area contributed by atoms with Crippen molar-refractivity contribution >= 4 is 27.7 Å². The van der Waals surface area contributed by atoms with Crippen molar-refractivity contribution in [2.75, 3.05) is 24.2 Å². The Labute approximate surface area is 108 Å². The van der Waals surface area contributed by atoms with Crippen molar-refractivity contribution in [3.63, 3.8) is 0 Å². The number of halogens is 4. The van der Waals surface area contributed by atoms with Gasteiger partial charge in [0.1, 0.15) is 0 Å². The number of rotatable bonds is 8. The van der Waals surface area contributed by atoms with E-state index in [0.717, 1.165) is 24.7 Å². The van der Waals surface area contributed by atoms with Gasteiger partial charge in [-0.1, -0.05) is 29.8 Å². The smallest absolute Gasteiger partial charge is 0.299 e. The van der Waals surface area contributed by atoms with E-state index in [-0.39, 0.29) is 17.5 Å². The third kappa shape index (κ3) is 7.79. The van der Waals surface area contributed by atoms with Crippen molar-refractivity contribution in [1.82, 2.24) is 4.90 Å². The summed E-state index contributed by atoms with van der Waals surface area (Å²) in [4.78, 5) is 2.13. The minimum absolute atomic E-state index is 0.0692. The van der Waals surface area contributed by atoms with E-state index in [1.165, 1.54) is 0 Å². The van der Waals surface area contributed by atoms with Gasteiger partial charge < -0.3 is 0 Å². The quantitative estimate of drug-likeness (QED) is 0.618. The lowest BCUT2D eigenvalue weighted by Gasteiger charge is -2.29. The highest BCUT2D eigenvalue weighted by atomic mass is 79.9. The van der Waals surface area contributed by atoms with Crippen LogP contribution in [-0.2, 0) is 0 Å². The molecule has 0 heterocycles. The van der Waals surface area contributed by atoms with Crippen LogP contribution in [0.5, 0.6) is 0 Å². The monoisotopic (exact) mass is 321 g/mol. The maximum Gasteiger partial charge on any atom is 0.441 e. The molecular weight excluding hydrogens is 303 g/mol. The molecule has 0 aromatic carbocycles. The summed E-state index contributed by atoms with van der Waals surface area (Å²) < 4.78 is 36.0. The number of hydrogen-bond acceptors (Lipinski definition) is 2. The van der Waals surface area contributed by atoms with E-state index in [4.69, 9.17) is 0 Å². The van der Waals surface area contributed by atoms with Crippen molar-refractivity contribution < 1.29 is 13.2 Å². The lowest BCUT2D eigenvalue weighted by Crippen LogP contribution is -2.37. The van der Waals surface area contributed by atoms with Crippen molar-refractivity contribution in [3.8, 4) is 0 Å². The third-order valence-corrected chi connectivity index (χ3v) is 3.54. The Morgan fingerprint density at radius 1 is 1.19 bits per heavy atom. The predicted molar refractivity (Wildman–Crippen MR) is 68.3 cm³/mol. The molecule has 0 aliphatic heterocycles. The summed E-state index contributed by atoms with van der Waals surface area (Å²) in [5.74, 6) is 0.118. The Morgan fingerprint density at radius 2 is 1.75 bits per heavy atom. The summed E-state index contributed by atoms with van der Waals surface area (Å²) in [6.45, 7) is 5.46. The molecule has 0 aromatic rings. The first-order valence-electron chi connectivity index (χ1n) is 5.45. The van der Waals surface area contributed by atoms with E-state index < -0.39 is 5.51 Å². The Morgan fingerprint density at radius 3 is 2.12 bits per heavy atom. The lowest BCUT2D eigenvalue weighted by atomic mass is 10.1. The molecule has 98 valence electrons. The van der Waals surface area contributed by atoms with E-state index in [1.54, 1.807) is 0 Å². The summed E-state index contributed by atoms with van der Waals surface area (Å²) >= 11 is 3.41. The molecule has 16 heavy (non-hydrogen) atoms. The second-order valence-corrected chi connectivity index (χ2v) is 5.44. The van der Waals surface area contributed by atoms with Gasteiger partial charge in [-0.15, -0.1) is 0 Å². The summed E-state index contributed by atoms with van der Waals surface area (Å²) in [6.07, 6.45) is 1.97. The van der Waals surface area contributed by atoms with Crippen LogP contribution in [0.25, 0.3) is 0 Å². The first-order valence-corrected chi connectivity index (χ1v) is 7.56. The predicted octanol–water partition coefficient (Wildman–Crippen LogP) is 4.12. The zero-order valence-electron chi connectivity index (χ0n) is 9.69. The largest absolute Gasteiger partial charge is 0.441 e. The highest BCUT2D eigenvalue weighted by molar-refractivity contribution is 9.09. The molecule has 0 unspecified atom stereocenters. The topological polar surface area (TPSA) is 3.24 Å². The molecule has 0 radical (unpaired) electrons. The van der Waals surface area contributed by atoms with Crippen LogP contribution in [0, 0.1) is 0 Å². The maximum atomic E-state index is 12.0. The van der Waals surface area contributed by atoms with E-state index >= 15 is 0 Å². The van der Waals surface area contributed by atoms with Crippen molar-refractivity contribution in [1.29, 1.82) is 0 Å². The van der Waals surface area contributed by atoms with Crippen molar-refractivity contribution in [3.05, 3.63) is 0 Å². The maximum absolute atomic E-state index is 12.0. The summed E-state index contributed by atoms with van der Waals surface area (Å²) in [5.41, 5.74) is -4.10. The molecule has 0 saturated carbocycles. The first kappa shape index (κ1) is 16.6. The lowest BCUT2D eigenvalue weighted by molar-refractivity contribution is -0.0329. The number of nitrogens with zero attached hydrogens (tertiary/aromatic N) is 1. The SMILES string of the molecule is CCC(CC)N(CCBr)CCSC(F)(F)F. The molecule has 1 nitrogen and oxygen atoms in total. The molecule has 0 aromatic heterocycles. The van der Waals surface area contributed by atoms with E-state index in [9.17, 15) is 13.2 Å². The van der Waals surface area contributed by atoms with Crippen LogP contribution in [-0.4, -0.2) is 40.6 Å². The fourth-order valence-electron chi connectivity index (χ4n) is 1.67. The van der Waals surface area contributed by atoms with Crippen LogP contribution < -0.4 is 0 Å². The number of hydrogen-bond donors (Lipinski definition) is 0. The average Bonchev–Trinajstić information content (AvgIpc) is 2.17. The van der Waals surface area contributed by atoms with Crippen LogP contribution in [0.15, 0.2) is 0 Å². The summed E-state index contributed by atoms with van der Waals surface area (Å²) in [5, 5.41) is 0.806. The molecule has 0 N–H and O–H groups in total. The Kier molecular flexibility index (Phi) is 8.95. The Balaban J connectivity index is 4.02. The van der Waals surface area contributed by atoms with Gasteiger partial charge in [0.2, 0.25) is 0 Å². The highest BCUT2D eigenvalue weighted by Crippen LogP contribution is 2.30. The van der Waals surface area contributed by atoms with Crippen LogP contribution in [0.4, 0.5) is 13.2 Å². The second-order valence-electron chi connectivity index (χ2n) is 3.49. The van der Waals surface area contributed by atoms with Gasteiger partial charge in [-0.2, -0.15) is 13.2 Å². The van der Waals surface area contributed by atoms with Gasteiger partial charge in [-0.05, 0) is 24.6 Å². The molecule has 0 amide bonds. The molecule has 0 spiro atoms. The standard InChI is InChI=1S/C10H19BrF3NS/c1-3-9(4-2)15(6-5-11)7-8-16-10(12,13)14/h9H,3-8H2,1-2H3. The molecule has 0 rings (SSSR count). The minimum Gasteiger partial charge on any atom is -0.299 e. The summed E-state index contributed by atoms with van der Waals surface area (Å²) in [7, 11) is 0. The minimum atomic E-state index is -4.10. The van der Waals surface area contributed by atoms with Gasteiger partial charge >= 0.3 is 5.51 Å². The van der Waals surface area contributed by atoms with E-state index in [0.29, 0.717) is 12.6 Å². The van der Waals surface area contributed by atoms with Crippen LogP contribution in [0.3, 0.4) is 0 Å². The molecule has 0 bridgehead atoms. The molecule has 0 fully saturated rings. The van der Waals surface area contributed by atoms with Gasteiger partial charge in [0.25, 0.3) is 0 Å². The van der Waals surface area contributed by atoms with Crippen LogP contribution in [0.1, 0.15) is 26.7 Å². The van der Waals surface area contributed by atoms with Gasteiger partial charge in [-0.25, -0.2) is 0 Å². The zero-order chi connectivity index (χ0) is 12.6. The van der Waals surface area contributed by atoms with Gasteiger partial charge in [-0.3, -0.25) is 4.90 Å². The molecule has 6 heteroatoms. The number of alkyl halides is 4. The number of thioether (sulfide) groups is 1. The fourth-order valence-corrected chi connectivity index (χ4v) is 2.68.